The minimum Gasteiger partial charge on any atom is -0.475 e. The number of carbonyl (C=O) groups is 2. The van der Waals surface area contributed by atoms with Gasteiger partial charge < -0.3 is 24.9 Å². The number of ether oxygens (including phenoxy) is 1. The average Bonchev–Trinajstić information content (AvgIpc) is 3.22. The van der Waals surface area contributed by atoms with Crippen LogP contribution in [0.15, 0.2) is 9.59 Å². The number of carboxylic acids is 1. The lowest BCUT2D eigenvalue weighted by Gasteiger charge is -2.28. The number of nitrogens with zero attached hydrogens (tertiary/aromatic N) is 5. The van der Waals surface area contributed by atoms with Crippen LogP contribution in [0.3, 0.4) is 0 Å². The van der Waals surface area contributed by atoms with Gasteiger partial charge in [0.25, 0.3) is 5.56 Å². The molecule has 3 heterocycles. The van der Waals surface area contributed by atoms with Gasteiger partial charge in [0, 0.05) is 39.7 Å². The molecule has 1 fully saturated rings. The number of carbonyl (C=O) groups excluding carboxylic acids is 1. The maximum Gasteiger partial charge on any atom is 0.490 e. The molecule has 0 unspecified atom stereocenters. The largest absolute Gasteiger partial charge is 0.490 e. The second-order valence-corrected chi connectivity index (χ2v) is 7.45. The SMILES string of the molecule is CC#CCn1c(N2CCNCC2)nc2c1c(=O)n(CCOCC)c(=O)n2OC(C)=O.O=C(O)C(F)(F)F. The zero-order valence-corrected chi connectivity index (χ0v) is 20.4. The second kappa shape index (κ2) is 12.9. The smallest absolute Gasteiger partial charge is 0.475 e. The number of carboxylic acid groups (broad SMARTS) is 1. The Kier molecular flexibility index (Phi) is 10.3. The Morgan fingerprint density at radius 3 is 2.32 bits per heavy atom. The minimum atomic E-state index is -5.08. The molecule has 0 spiro atoms. The molecule has 0 bridgehead atoms. The van der Waals surface area contributed by atoms with Crippen LogP contribution in [0.2, 0.25) is 0 Å². The third-order valence-electron chi connectivity index (χ3n) is 4.91. The summed E-state index contributed by atoms with van der Waals surface area (Å²) >= 11 is 0. The summed E-state index contributed by atoms with van der Waals surface area (Å²) < 4.78 is 40.5. The molecule has 0 aromatic carbocycles. The van der Waals surface area contributed by atoms with Crippen molar-refractivity contribution in [1.82, 2.24) is 24.2 Å². The average molecular weight is 532 g/mol. The van der Waals surface area contributed by atoms with Crippen LogP contribution in [0.1, 0.15) is 20.8 Å². The molecule has 0 amide bonds. The topological polar surface area (TPSA) is 150 Å². The van der Waals surface area contributed by atoms with E-state index in [1.165, 1.54) is 6.92 Å². The predicted octanol–water partition coefficient (Wildman–Crippen LogP) is -0.562. The highest BCUT2D eigenvalue weighted by Gasteiger charge is 2.38. The van der Waals surface area contributed by atoms with Crippen molar-refractivity contribution in [3.05, 3.63) is 20.8 Å². The zero-order valence-electron chi connectivity index (χ0n) is 20.4. The summed E-state index contributed by atoms with van der Waals surface area (Å²) in [5.74, 6) is 2.84. The van der Waals surface area contributed by atoms with Crippen LogP contribution < -0.4 is 26.3 Å². The predicted molar refractivity (Wildman–Crippen MR) is 124 cm³/mol. The lowest BCUT2D eigenvalue weighted by atomic mass is 10.4. The highest BCUT2D eigenvalue weighted by atomic mass is 19.4. The number of piperazine rings is 1. The number of aromatic nitrogens is 4. The molecule has 1 aliphatic heterocycles. The molecule has 2 aromatic rings. The van der Waals surface area contributed by atoms with E-state index in [4.69, 9.17) is 19.5 Å². The third kappa shape index (κ3) is 7.33. The van der Waals surface area contributed by atoms with Gasteiger partial charge in [0.15, 0.2) is 5.52 Å². The lowest BCUT2D eigenvalue weighted by molar-refractivity contribution is -0.192. The normalized spacial score (nSPS) is 13.4. The number of aliphatic carboxylic acids is 1. The summed E-state index contributed by atoms with van der Waals surface area (Å²) in [6.45, 7) is 8.46. The first-order valence-electron chi connectivity index (χ1n) is 11.1. The molecule has 0 radical (unpaired) electrons. The van der Waals surface area contributed by atoms with E-state index in [0.29, 0.717) is 25.6 Å². The molecule has 2 aromatic heterocycles. The van der Waals surface area contributed by atoms with Crippen LogP contribution >= 0.6 is 0 Å². The van der Waals surface area contributed by atoms with Crippen molar-refractivity contribution in [3.63, 3.8) is 0 Å². The van der Waals surface area contributed by atoms with E-state index in [1.807, 2.05) is 11.8 Å². The molecule has 13 nitrogen and oxygen atoms in total. The summed E-state index contributed by atoms with van der Waals surface area (Å²) in [5, 5.41) is 10.4. The highest BCUT2D eigenvalue weighted by Crippen LogP contribution is 2.20. The van der Waals surface area contributed by atoms with E-state index in [-0.39, 0.29) is 30.9 Å². The van der Waals surface area contributed by atoms with Crippen molar-refractivity contribution in [3.8, 4) is 11.8 Å². The van der Waals surface area contributed by atoms with E-state index >= 15 is 0 Å². The van der Waals surface area contributed by atoms with Crippen LogP contribution in [0.5, 0.6) is 0 Å². The van der Waals surface area contributed by atoms with Gasteiger partial charge in [0.2, 0.25) is 11.6 Å². The van der Waals surface area contributed by atoms with Crippen LogP contribution in [0.25, 0.3) is 11.2 Å². The molecular weight excluding hydrogens is 505 g/mol. The number of imidazole rings is 1. The number of halogens is 3. The number of hydrogen-bond donors (Lipinski definition) is 2. The van der Waals surface area contributed by atoms with Gasteiger partial charge in [-0.1, -0.05) is 10.7 Å². The Hall–Kier alpha value is -3.84. The van der Waals surface area contributed by atoms with E-state index in [1.54, 1.807) is 11.5 Å². The van der Waals surface area contributed by atoms with Crippen molar-refractivity contribution >= 4 is 29.1 Å². The van der Waals surface area contributed by atoms with Crippen molar-refractivity contribution in [1.29, 1.82) is 0 Å². The fraction of sp³-hybridized carbons (Fsp3) is 0.571. The van der Waals surface area contributed by atoms with E-state index < -0.39 is 29.4 Å². The van der Waals surface area contributed by atoms with Gasteiger partial charge in [0.1, 0.15) is 0 Å². The van der Waals surface area contributed by atoms with Gasteiger partial charge in [-0.25, -0.2) is 14.4 Å². The Morgan fingerprint density at radius 2 is 1.81 bits per heavy atom. The van der Waals surface area contributed by atoms with Crippen LogP contribution in [0, 0.1) is 11.8 Å². The van der Waals surface area contributed by atoms with Gasteiger partial charge >= 0.3 is 23.8 Å². The quantitative estimate of drug-likeness (QED) is 0.351. The Morgan fingerprint density at radius 1 is 1.19 bits per heavy atom. The summed E-state index contributed by atoms with van der Waals surface area (Å²) in [5.41, 5.74) is -1.15. The van der Waals surface area contributed by atoms with Crippen molar-refractivity contribution in [2.24, 2.45) is 0 Å². The van der Waals surface area contributed by atoms with Crippen molar-refractivity contribution < 1.29 is 37.4 Å². The summed E-state index contributed by atoms with van der Waals surface area (Å²) in [4.78, 5) is 58.5. The molecule has 16 heteroatoms. The Balaban J connectivity index is 0.000000604. The van der Waals surface area contributed by atoms with Gasteiger partial charge in [-0.3, -0.25) is 13.9 Å². The molecule has 0 atom stereocenters. The van der Waals surface area contributed by atoms with Crippen molar-refractivity contribution in [2.75, 3.05) is 44.3 Å². The van der Waals surface area contributed by atoms with Crippen LogP contribution in [-0.4, -0.2) is 81.5 Å². The summed E-state index contributed by atoms with van der Waals surface area (Å²) in [6.07, 6.45) is -5.08. The van der Waals surface area contributed by atoms with E-state index in [0.717, 1.165) is 22.4 Å². The Bertz CT molecular complexity index is 1300. The van der Waals surface area contributed by atoms with Gasteiger partial charge in [-0.15, -0.1) is 5.92 Å². The summed E-state index contributed by atoms with van der Waals surface area (Å²) in [7, 11) is 0. The Labute approximate surface area is 208 Å². The monoisotopic (exact) mass is 532 g/mol. The molecular formula is C21H27F3N6O7. The zero-order chi connectivity index (χ0) is 27.8. The third-order valence-corrected chi connectivity index (χ3v) is 4.91. The van der Waals surface area contributed by atoms with Gasteiger partial charge in [-0.2, -0.15) is 18.2 Å². The minimum absolute atomic E-state index is 0.000652. The molecule has 3 rings (SSSR count). The number of fused-ring (bicyclic) bond motifs is 1. The standard InChI is InChI=1S/C19H26N6O5.C2HF3O2/c1-4-6-9-23-15-16(21-18(23)22-10-7-20-8-11-22)25(30-14(3)26)19(28)24(17(15)27)12-13-29-5-2;3-2(4,5)1(6)7/h20H,5,7-13H2,1-3H3;(H,6,7). The molecule has 37 heavy (non-hydrogen) atoms. The number of anilines is 1. The van der Waals surface area contributed by atoms with Gasteiger partial charge in [-0.05, 0) is 13.8 Å². The fourth-order valence-corrected chi connectivity index (χ4v) is 3.32. The number of nitrogens with one attached hydrogen (secondary N) is 1. The maximum absolute atomic E-state index is 13.3. The van der Waals surface area contributed by atoms with Crippen LogP contribution in [-0.2, 0) is 27.4 Å². The highest BCUT2D eigenvalue weighted by molar-refractivity contribution is 5.76. The van der Waals surface area contributed by atoms with Crippen LogP contribution in [0.4, 0.5) is 19.1 Å². The molecule has 0 saturated carbocycles. The van der Waals surface area contributed by atoms with E-state index in [9.17, 15) is 27.6 Å². The van der Waals surface area contributed by atoms with Crippen molar-refractivity contribution in [2.45, 2.75) is 40.0 Å². The molecule has 1 aliphatic rings. The molecule has 2 N–H and O–H groups in total. The number of alkyl halides is 3. The molecule has 1 saturated heterocycles. The lowest BCUT2D eigenvalue weighted by Crippen LogP contribution is -2.45. The first kappa shape index (κ1) is 29.4. The second-order valence-electron chi connectivity index (χ2n) is 7.45. The van der Waals surface area contributed by atoms with Gasteiger partial charge in [0.05, 0.1) is 19.7 Å². The molecule has 204 valence electrons. The van der Waals surface area contributed by atoms with E-state index in [2.05, 4.69) is 22.1 Å². The summed E-state index contributed by atoms with van der Waals surface area (Å²) in [6, 6.07) is 0. The first-order valence-corrected chi connectivity index (χ1v) is 11.1. The molecule has 0 aliphatic carbocycles. The maximum atomic E-state index is 13.3. The fourth-order valence-electron chi connectivity index (χ4n) is 3.32. The number of rotatable bonds is 7. The first-order chi connectivity index (χ1) is 17.4. The number of hydrogen-bond acceptors (Lipinski definition) is 9.